The first-order chi connectivity index (χ1) is 19.8. The van der Waals surface area contributed by atoms with Gasteiger partial charge in [-0.15, -0.1) is 0 Å². The van der Waals surface area contributed by atoms with E-state index in [0.717, 1.165) is 87.2 Å². The van der Waals surface area contributed by atoms with Crippen molar-refractivity contribution >= 4 is 11.6 Å². The fourth-order valence-corrected chi connectivity index (χ4v) is 7.45. The zero-order chi connectivity index (χ0) is 28.2. The SMILES string of the molecule is CCCc1ncc(-c2cccc(N(CC3CCC4(c5nc(C6CC6)no5)CCCC3C4)C(=O)C3CC(F)(F)C3)c2)o1. The Morgan fingerprint density at radius 2 is 1.98 bits per heavy atom. The van der Waals surface area contributed by atoms with E-state index in [1.54, 1.807) is 11.1 Å². The number of hydrogen-bond donors (Lipinski definition) is 0. The van der Waals surface area contributed by atoms with Crippen molar-refractivity contribution in [1.29, 1.82) is 0 Å². The second-order valence-corrected chi connectivity index (χ2v) is 13.0. The Hall–Kier alpha value is -3.10. The van der Waals surface area contributed by atoms with Gasteiger partial charge in [0.25, 0.3) is 0 Å². The highest BCUT2D eigenvalue weighted by Crippen LogP contribution is 2.53. The van der Waals surface area contributed by atoms with Crippen LogP contribution < -0.4 is 4.90 Å². The van der Waals surface area contributed by atoms with Gasteiger partial charge in [-0.1, -0.05) is 37.1 Å². The summed E-state index contributed by atoms with van der Waals surface area (Å²) in [6.07, 6.45) is 11.1. The summed E-state index contributed by atoms with van der Waals surface area (Å²) < 4.78 is 39.5. The fraction of sp³-hybridized carbons (Fsp3) is 0.625. The molecule has 4 aliphatic rings. The van der Waals surface area contributed by atoms with Gasteiger partial charge >= 0.3 is 0 Å². The van der Waals surface area contributed by atoms with Gasteiger partial charge in [0.2, 0.25) is 17.7 Å². The molecule has 3 atom stereocenters. The van der Waals surface area contributed by atoms with Crippen LogP contribution in [0, 0.1) is 17.8 Å². The first-order valence-corrected chi connectivity index (χ1v) is 15.4. The molecule has 7 rings (SSSR count). The summed E-state index contributed by atoms with van der Waals surface area (Å²) in [4.78, 5) is 24.8. The van der Waals surface area contributed by atoms with Crippen molar-refractivity contribution in [2.75, 3.05) is 11.4 Å². The van der Waals surface area contributed by atoms with E-state index in [9.17, 15) is 13.6 Å². The van der Waals surface area contributed by atoms with Crippen molar-refractivity contribution in [2.24, 2.45) is 17.8 Å². The Kier molecular flexibility index (Phi) is 6.74. The van der Waals surface area contributed by atoms with E-state index in [2.05, 4.69) is 17.1 Å². The Morgan fingerprint density at radius 3 is 2.76 bits per heavy atom. The number of carbonyl (C=O) groups excluding carboxylic acids is 1. The number of alkyl halides is 2. The van der Waals surface area contributed by atoms with Gasteiger partial charge in [-0.2, -0.15) is 4.98 Å². The summed E-state index contributed by atoms with van der Waals surface area (Å²) in [5, 5.41) is 4.31. The number of rotatable bonds is 9. The molecule has 4 fully saturated rings. The highest BCUT2D eigenvalue weighted by molar-refractivity contribution is 5.96. The zero-order valence-corrected chi connectivity index (χ0v) is 23.7. The van der Waals surface area contributed by atoms with Crippen molar-refractivity contribution in [2.45, 2.75) is 101 Å². The number of halogens is 2. The van der Waals surface area contributed by atoms with Crippen LogP contribution in [0.25, 0.3) is 11.3 Å². The van der Waals surface area contributed by atoms with Crippen LogP contribution in [0.4, 0.5) is 14.5 Å². The van der Waals surface area contributed by atoms with Gasteiger partial charge in [-0.05, 0) is 68.9 Å². The highest BCUT2D eigenvalue weighted by atomic mass is 19.3. The summed E-state index contributed by atoms with van der Waals surface area (Å²) in [6, 6.07) is 7.70. The summed E-state index contributed by atoms with van der Waals surface area (Å²) in [6.45, 7) is 2.60. The lowest BCUT2D eigenvalue weighted by Gasteiger charge is -2.48. The van der Waals surface area contributed by atoms with E-state index in [4.69, 9.17) is 13.9 Å². The number of amides is 1. The quantitative estimate of drug-likeness (QED) is 0.268. The van der Waals surface area contributed by atoms with Crippen LogP contribution in [-0.4, -0.2) is 33.5 Å². The molecule has 9 heteroatoms. The molecule has 218 valence electrons. The highest BCUT2D eigenvalue weighted by Gasteiger charge is 2.52. The number of aromatic nitrogens is 3. The third-order valence-corrected chi connectivity index (χ3v) is 9.96. The maximum absolute atomic E-state index is 13.8. The molecular weight excluding hydrogens is 526 g/mol. The van der Waals surface area contributed by atoms with Gasteiger partial charge in [-0.25, -0.2) is 13.8 Å². The molecule has 1 amide bonds. The summed E-state index contributed by atoms with van der Waals surface area (Å²) >= 11 is 0. The van der Waals surface area contributed by atoms with Crippen LogP contribution in [0.1, 0.15) is 101 Å². The molecule has 0 spiro atoms. The molecule has 3 unspecified atom stereocenters. The number of fused-ring (bicyclic) bond motifs is 2. The van der Waals surface area contributed by atoms with E-state index < -0.39 is 11.8 Å². The number of anilines is 1. The molecule has 2 bridgehead atoms. The van der Waals surface area contributed by atoms with E-state index >= 15 is 0 Å². The Labute approximate surface area is 239 Å². The van der Waals surface area contributed by atoms with Crippen LogP contribution in [0.5, 0.6) is 0 Å². The molecule has 7 nitrogen and oxygen atoms in total. The largest absolute Gasteiger partial charge is 0.441 e. The number of carbonyl (C=O) groups is 1. The van der Waals surface area contributed by atoms with E-state index in [1.807, 2.05) is 24.3 Å². The van der Waals surface area contributed by atoms with Gasteiger partial charge < -0.3 is 13.8 Å². The minimum absolute atomic E-state index is 0.0766. The molecule has 3 aromatic rings. The third-order valence-electron chi connectivity index (χ3n) is 9.96. The normalized spacial score (nSPS) is 27.4. The molecular formula is C32H38F2N4O3. The average molecular weight is 565 g/mol. The molecule has 4 aliphatic carbocycles. The lowest BCUT2D eigenvalue weighted by molar-refractivity contribution is -0.148. The molecule has 2 heterocycles. The predicted molar refractivity (Wildman–Crippen MR) is 149 cm³/mol. The minimum Gasteiger partial charge on any atom is -0.441 e. The zero-order valence-electron chi connectivity index (χ0n) is 23.7. The molecule has 0 saturated heterocycles. The summed E-state index contributed by atoms with van der Waals surface area (Å²) in [5.41, 5.74) is 1.49. The third kappa shape index (κ3) is 5.21. The number of hydrogen-bond acceptors (Lipinski definition) is 6. The Bertz CT molecular complexity index is 1410. The van der Waals surface area contributed by atoms with Crippen molar-refractivity contribution in [3.05, 3.63) is 48.1 Å². The first-order valence-electron chi connectivity index (χ1n) is 15.4. The van der Waals surface area contributed by atoms with E-state index in [0.29, 0.717) is 30.0 Å². The van der Waals surface area contributed by atoms with Crippen molar-refractivity contribution < 1.29 is 22.5 Å². The molecule has 0 aliphatic heterocycles. The molecule has 2 aromatic heterocycles. The smallest absolute Gasteiger partial charge is 0.249 e. The fourth-order valence-electron chi connectivity index (χ4n) is 7.45. The van der Waals surface area contributed by atoms with Crippen molar-refractivity contribution in [3.8, 4) is 11.3 Å². The minimum atomic E-state index is -2.75. The van der Waals surface area contributed by atoms with Crippen LogP contribution in [0.15, 0.2) is 39.4 Å². The van der Waals surface area contributed by atoms with E-state index in [-0.39, 0.29) is 30.1 Å². The van der Waals surface area contributed by atoms with Crippen molar-refractivity contribution in [1.82, 2.24) is 15.1 Å². The molecule has 1 aromatic carbocycles. The standard InChI is InChI=1S/C32H38F2N4O3/c1-2-5-27-35-18-26(40-27)21-6-3-8-25(14-21)38(29(39)24-16-32(33,34)17-24)19-23-11-13-31(12-4-7-22(23)15-31)30-36-28(37-41-30)20-9-10-20/h3,6,8,14,18,20,22-24H,2,4-5,7,9-13,15-17,19H2,1H3. The Balaban J connectivity index is 1.13. The van der Waals surface area contributed by atoms with Gasteiger partial charge in [0.1, 0.15) is 0 Å². The molecule has 41 heavy (non-hydrogen) atoms. The number of nitrogens with zero attached hydrogens (tertiary/aromatic N) is 4. The van der Waals surface area contributed by atoms with Gasteiger partial charge in [0.05, 0.1) is 6.20 Å². The topological polar surface area (TPSA) is 85.3 Å². The maximum atomic E-state index is 13.8. The summed E-state index contributed by atoms with van der Waals surface area (Å²) in [7, 11) is 0. The Morgan fingerprint density at radius 1 is 1.12 bits per heavy atom. The number of aryl methyl sites for hydroxylation is 1. The van der Waals surface area contributed by atoms with Gasteiger partial charge in [0, 0.05) is 54.3 Å². The van der Waals surface area contributed by atoms with Crippen LogP contribution in [0.3, 0.4) is 0 Å². The molecule has 0 radical (unpaired) electrons. The van der Waals surface area contributed by atoms with Crippen LogP contribution in [0.2, 0.25) is 0 Å². The average Bonchev–Trinajstić information content (AvgIpc) is 3.48. The summed E-state index contributed by atoms with van der Waals surface area (Å²) in [5.74, 6) is 0.563. The molecule has 4 saturated carbocycles. The monoisotopic (exact) mass is 564 g/mol. The second-order valence-electron chi connectivity index (χ2n) is 13.0. The van der Waals surface area contributed by atoms with Gasteiger partial charge in [-0.3, -0.25) is 4.79 Å². The maximum Gasteiger partial charge on any atom is 0.249 e. The lowest BCUT2D eigenvalue weighted by Crippen LogP contribution is -2.50. The number of oxazole rings is 1. The first kappa shape index (κ1) is 26.8. The van der Waals surface area contributed by atoms with Gasteiger partial charge in [0.15, 0.2) is 17.5 Å². The van der Waals surface area contributed by atoms with E-state index in [1.165, 1.54) is 0 Å². The second kappa shape index (κ2) is 10.3. The molecule has 0 N–H and O–H groups in total. The van der Waals surface area contributed by atoms with Crippen LogP contribution in [-0.2, 0) is 16.6 Å². The van der Waals surface area contributed by atoms with Crippen molar-refractivity contribution in [3.63, 3.8) is 0 Å². The predicted octanol–water partition coefficient (Wildman–Crippen LogP) is 7.47. The number of benzene rings is 1. The van der Waals surface area contributed by atoms with Crippen LogP contribution >= 0.6 is 0 Å². The lowest BCUT2D eigenvalue weighted by atomic mass is 9.58.